The molecule has 1 aromatic heterocycles. The van der Waals surface area contributed by atoms with Crippen molar-refractivity contribution >= 4 is 13.1 Å². The molecule has 0 bridgehead atoms. The van der Waals surface area contributed by atoms with E-state index in [-0.39, 0.29) is 23.6 Å². The molecule has 0 atom stereocenters. The molecule has 0 fully saturated rings. The maximum atomic E-state index is 11.6. The van der Waals surface area contributed by atoms with E-state index in [1.165, 1.54) is 4.68 Å². The third-order valence-corrected chi connectivity index (χ3v) is 3.54. The fourth-order valence-corrected chi connectivity index (χ4v) is 2.52. The Kier molecular flexibility index (Phi) is 3.57. The predicted molar refractivity (Wildman–Crippen MR) is 76.6 cm³/mol. The third-order valence-electron chi connectivity index (χ3n) is 3.54. The Labute approximate surface area is 126 Å². The molecule has 7 nitrogen and oxygen atoms in total. The summed E-state index contributed by atoms with van der Waals surface area (Å²) in [7, 11) is -0.990. The van der Waals surface area contributed by atoms with Crippen molar-refractivity contribution in [3.63, 3.8) is 0 Å². The minimum atomic E-state index is -1.12. The lowest BCUT2D eigenvalue weighted by Crippen LogP contribution is -2.28. The fraction of sp³-hybridized carbons (Fsp3) is 0.214. The van der Waals surface area contributed by atoms with Gasteiger partial charge in [-0.3, -0.25) is 4.68 Å². The Morgan fingerprint density at radius 2 is 2.32 bits per heavy atom. The summed E-state index contributed by atoms with van der Waals surface area (Å²) in [4.78, 5) is 11.6. The van der Waals surface area contributed by atoms with E-state index in [9.17, 15) is 14.9 Å². The molecule has 0 unspecified atom stereocenters. The van der Waals surface area contributed by atoms with Gasteiger partial charge in [0.2, 0.25) is 0 Å². The van der Waals surface area contributed by atoms with Gasteiger partial charge in [-0.05, 0) is 29.9 Å². The van der Waals surface area contributed by atoms with Crippen molar-refractivity contribution in [2.75, 3.05) is 0 Å². The molecule has 0 saturated carbocycles. The van der Waals surface area contributed by atoms with E-state index in [4.69, 9.17) is 9.92 Å². The Hall–Kier alpha value is -2.79. The molecular formula is C14H12BN3O4. The molecule has 0 aliphatic carbocycles. The van der Waals surface area contributed by atoms with E-state index < -0.39 is 13.1 Å². The highest BCUT2D eigenvalue weighted by Crippen LogP contribution is 2.33. The van der Waals surface area contributed by atoms with E-state index in [0.717, 1.165) is 5.56 Å². The van der Waals surface area contributed by atoms with Gasteiger partial charge in [0.1, 0.15) is 17.4 Å². The summed E-state index contributed by atoms with van der Waals surface area (Å²) in [5, 5.41) is 31.9. The zero-order chi connectivity index (χ0) is 15.7. The Balaban J connectivity index is 2.02. The van der Waals surface area contributed by atoms with Gasteiger partial charge in [0.25, 0.3) is 0 Å². The summed E-state index contributed by atoms with van der Waals surface area (Å²) >= 11 is 0. The van der Waals surface area contributed by atoms with Gasteiger partial charge < -0.3 is 14.8 Å². The minimum Gasteiger partial charge on any atom is -0.535 e. The number of carboxylic acid groups (broad SMARTS) is 1. The number of benzene rings is 1. The highest BCUT2D eigenvalue weighted by Gasteiger charge is 2.29. The number of nitriles is 1. The molecule has 0 saturated heterocycles. The van der Waals surface area contributed by atoms with Crippen molar-refractivity contribution in [1.82, 2.24) is 9.78 Å². The second-order valence-electron chi connectivity index (χ2n) is 5.01. The maximum Gasteiger partial charge on any atom is 0.522 e. The average molecular weight is 297 g/mol. The number of aromatic carboxylic acids is 1. The summed E-state index contributed by atoms with van der Waals surface area (Å²) in [6.45, 7) is 0.204. The normalized spacial score (nSPS) is 13.2. The lowest BCUT2D eigenvalue weighted by atomic mass is 9.78. The molecule has 0 amide bonds. The highest BCUT2D eigenvalue weighted by atomic mass is 16.5. The monoisotopic (exact) mass is 297 g/mol. The SMILES string of the molecule is N#Cc1ccn(Cc2ccc3c(c2C(=O)O)OB(O)CC3)n1. The van der Waals surface area contributed by atoms with E-state index in [2.05, 4.69) is 5.10 Å². The second kappa shape index (κ2) is 5.54. The molecule has 2 aromatic rings. The van der Waals surface area contributed by atoms with Gasteiger partial charge in [0.15, 0.2) is 5.69 Å². The fourth-order valence-electron chi connectivity index (χ4n) is 2.52. The van der Waals surface area contributed by atoms with Crippen LogP contribution in [0.15, 0.2) is 24.4 Å². The standard InChI is InChI=1S/C14H12BN3O4/c16-7-11-4-6-18(17-11)8-10-2-1-9-3-5-15(21)22-13(9)12(10)14(19)20/h1-2,4,6,21H,3,5,8H2,(H,19,20). The third kappa shape index (κ3) is 2.54. The van der Waals surface area contributed by atoms with Crippen LogP contribution in [0.3, 0.4) is 0 Å². The number of rotatable bonds is 3. The largest absolute Gasteiger partial charge is 0.535 e. The summed E-state index contributed by atoms with van der Waals surface area (Å²) in [5.74, 6) is -0.898. The quantitative estimate of drug-likeness (QED) is 0.815. The van der Waals surface area contributed by atoms with E-state index in [1.807, 2.05) is 6.07 Å². The summed E-state index contributed by atoms with van der Waals surface area (Å²) < 4.78 is 6.81. The lowest BCUT2D eigenvalue weighted by Gasteiger charge is -2.23. The first-order chi connectivity index (χ1) is 10.6. The Morgan fingerprint density at radius 1 is 1.50 bits per heavy atom. The number of hydrogen-bond acceptors (Lipinski definition) is 5. The maximum absolute atomic E-state index is 11.6. The molecule has 1 aromatic carbocycles. The number of hydrogen-bond donors (Lipinski definition) is 2. The highest BCUT2D eigenvalue weighted by molar-refractivity contribution is 6.44. The minimum absolute atomic E-state index is 0.0326. The van der Waals surface area contributed by atoms with Gasteiger partial charge in [0, 0.05) is 6.20 Å². The first kappa shape index (κ1) is 14.2. The van der Waals surface area contributed by atoms with Crippen molar-refractivity contribution in [1.29, 1.82) is 5.26 Å². The van der Waals surface area contributed by atoms with Gasteiger partial charge in [-0.15, -0.1) is 0 Å². The van der Waals surface area contributed by atoms with Gasteiger partial charge >= 0.3 is 13.1 Å². The van der Waals surface area contributed by atoms with Crippen LogP contribution in [-0.4, -0.2) is 33.0 Å². The first-order valence-corrected chi connectivity index (χ1v) is 6.75. The van der Waals surface area contributed by atoms with Crippen LogP contribution in [0.25, 0.3) is 0 Å². The Morgan fingerprint density at radius 3 is 3.00 bits per heavy atom. The molecule has 0 spiro atoms. The van der Waals surface area contributed by atoms with Crippen LogP contribution in [-0.2, 0) is 13.0 Å². The first-order valence-electron chi connectivity index (χ1n) is 6.75. The van der Waals surface area contributed by atoms with Crippen LogP contribution in [0, 0.1) is 11.3 Å². The van der Waals surface area contributed by atoms with Crippen LogP contribution in [0.5, 0.6) is 5.75 Å². The van der Waals surface area contributed by atoms with E-state index in [0.29, 0.717) is 18.3 Å². The molecule has 22 heavy (non-hydrogen) atoms. The zero-order valence-corrected chi connectivity index (χ0v) is 11.6. The number of carbonyl (C=O) groups is 1. The second-order valence-corrected chi connectivity index (χ2v) is 5.01. The molecule has 2 heterocycles. The summed E-state index contributed by atoms with van der Waals surface area (Å²) in [6.07, 6.45) is 2.62. The van der Waals surface area contributed by atoms with Crippen LogP contribution >= 0.6 is 0 Å². The van der Waals surface area contributed by atoms with Gasteiger partial charge in [-0.25, -0.2) is 4.79 Å². The molecule has 1 aliphatic rings. The molecule has 3 rings (SSSR count). The van der Waals surface area contributed by atoms with Crippen LogP contribution < -0.4 is 4.65 Å². The van der Waals surface area contributed by atoms with Crippen LogP contribution in [0.2, 0.25) is 6.32 Å². The molecule has 1 aliphatic heterocycles. The number of carboxylic acids is 1. The lowest BCUT2D eigenvalue weighted by molar-refractivity contribution is 0.0693. The smallest absolute Gasteiger partial charge is 0.522 e. The van der Waals surface area contributed by atoms with Gasteiger partial charge in [-0.1, -0.05) is 12.1 Å². The molecule has 8 heteroatoms. The van der Waals surface area contributed by atoms with Gasteiger partial charge in [-0.2, -0.15) is 10.4 Å². The van der Waals surface area contributed by atoms with E-state index in [1.54, 1.807) is 24.4 Å². The van der Waals surface area contributed by atoms with Crippen LogP contribution in [0.4, 0.5) is 0 Å². The van der Waals surface area contributed by atoms with Gasteiger partial charge in [0.05, 0.1) is 6.54 Å². The number of fused-ring (bicyclic) bond motifs is 1. The number of nitrogens with zero attached hydrogens (tertiary/aromatic N) is 3. The van der Waals surface area contributed by atoms with Crippen molar-refractivity contribution < 1.29 is 19.6 Å². The van der Waals surface area contributed by atoms with E-state index >= 15 is 0 Å². The van der Waals surface area contributed by atoms with Crippen molar-refractivity contribution in [2.24, 2.45) is 0 Å². The predicted octanol–water partition coefficient (Wildman–Crippen LogP) is 0.917. The van der Waals surface area contributed by atoms with Crippen LogP contribution in [0.1, 0.15) is 27.2 Å². The average Bonchev–Trinajstić information content (AvgIpc) is 2.94. The molecule has 2 N–H and O–H groups in total. The Bertz CT molecular complexity index is 781. The molecular weight excluding hydrogens is 285 g/mol. The van der Waals surface area contributed by atoms with Crippen molar-refractivity contribution in [3.05, 3.63) is 46.8 Å². The summed E-state index contributed by atoms with van der Waals surface area (Å²) in [5.41, 5.74) is 1.57. The number of aryl methyl sites for hydroxylation is 1. The van der Waals surface area contributed by atoms with Crippen molar-refractivity contribution in [3.8, 4) is 11.8 Å². The zero-order valence-electron chi connectivity index (χ0n) is 11.6. The number of aromatic nitrogens is 2. The topological polar surface area (TPSA) is 108 Å². The molecule has 110 valence electrons. The summed E-state index contributed by atoms with van der Waals surface area (Å²) in [6, 6.07) is 7.00. The van der Waals surface area contributed by atoms with Crippen molar-refractivity contribution in [2.45, 2.75) is 19.3 Å². The molecule has 0 radical (unpaired) electrons.